The summed E-state index contributed by atoms with van der Waals surface area (Å²) in [7, 11) is 0. The molecule has 0 bridgehead atoms. The molecule has 4 aliphatic carbocycles. The van der Waals surface area contributed by atoms with Crippen molar-refractivity contribution in [2.24, 2.45) is 46.3 Å². The van der Waals surface area contributed by atoms with Crippen LogP contribution in [0.2, 0.25) is 0 Å². The van der Waals surface area contributed by atoms with Crippen molar-refractivity contribution in [1.29, 1.82) is 0 Å². The first-order chi connectivity index (χ1) is 15.8. The summed E-state index contributed by atoms with van der Waals surface area (Å²) in [6.07, 6.45) is 4.97. The van der Waals surface area contributed by atoms with Gasteiger partial charge in [0.1, 0.15) is 0 Å². The topological polar surface area (TPSA) is 49.7 Å². The third-order valence-corrected chi connectivity index (χ3v) is 12.2. The molecule has 0 aromatic carbocycles. The summed E-state index contributed by atoms with van der Waals surface area (Å²) >= 11 is 0. The second kappa shape index (κ2) is 8.34. The monoisotopic (exact) mass is 486 g/mol. The van der Waals surface area contributed by atoms with Crippen molar-refractivity contribution in [1.82, 2.24) is 0 Å². The molecule has 1 saturated heterocycles. The van der Waals surface area contributed by atoms with Gasteiger partial charge in [0.05, 0.1) is 12.2 Å². The molecule has 0 spiro atoms. The molecule has 0 radical (unpaired) electrons. The van der Waals surface area contributed by atoms with Crippen LogP contribution >= 0.6 is 0 Å². The maximum atomic E-state index is 13.6. The van der Waals surface area contributed by atoms with Crippen LogP contribution in [0.1, 0.15) is 97.8 Å². The van der Waals surface area contributed by atoms with Crippen molar-refractivity contribution >= 4 is 0 Å². The van der Waals surface area contributed by atoms with Crippen LogP contribution in [0, 0.1) is 46.3 Å². The van der Waals surface area contributed by atoms with Gasteiger partial charge in [0, 0.05) is 13.0 Å². The molecule has 1 aliphatic heterocycles. The standard InChI is InChI=1S/C28H45F3O3/c1-18(8-11-26(32)14-15-34-17-26)21-6-7-22-20-5-4-19-16-27(33,28(29,30)31)13-12-24(19,2)23(20)9-10-25(21,22)3/h18-23,32-33H,4-17H2,1-3H3/t18-,19+,20+,21-,22+,23+,24+,25-,26-,27+/m1/s1. The Morgan fingerprint density at radius 3 is 2.32 bits per heavy atom. The Hall–Kier alpha value is -0.330. The summed E-state index contributed by atoms with van der Waals surface area (Å²) in [4.78, 5) is 0. The fraction of sp³-hybridized carbons (Fsp3) is 1.00. The highest BCUT2D eigenvalue weighted by atomic mass is 19.4. The third-order valence-electron chi connectivity index (χ3n) is 12.2. The van der Waals surface area contributed by atoms with E-state index in [2.05, 4.69) is 20.8 Å². The van der Waals surface area contributed by atoms with Crippen LogP contribution in [-0.2, 0) is 4.74 Å². The number of hydrogen-bond donors (Lipinski definition) is 2. The Kier molecular flexibility index (Phi) is 6.21. The van der Waals surface area contributed by atoms with E-state index in [0.29, 0.717) is 54.6 Å². The Balaban J connectivity index is 1.28. The number of aliphatic hydroxyl groups is 2. The number of ether oxygens (including phenoxy) is 1. The molecule has 10 atom stereocenters. The molecule has 0 aromatic rings. The lowest BCUT2D eigenvalue weighted by atomic mass is 9.43. The van der Waals surface area contributed by atoms with Crippen LogP contribution in [0.15, 0.2) is 0 Å². The molecule has 4 saturated carbocycles. The molecular formula is C28H45F3O3. The van der Waals surface area contributed by atoms with Crippen LogP contribution in [0.5, 0.6) is 0 Å². The van der Waals surface area contributed by atoms with E-state index in [-0.39, 0.29) is 24.2 Å². The number of rotatable bonds is 4. The maximum absolute atomic E-state index is 13.6. The fourth-order valence-electron chi connectivity index (χ4n) is 9.97. The van der Waals surface area contributed by atoms with Crippen LogP contribution in [-0.4, -0.2) is 40.8 Å². The van der Waals surface area contributed by atoms with Crippen LogP contribution in [0.25, 0.3) is 0 Å². The minimum atomic E-state index is -4.52. The zero-order valence-corrected chi connectivity index (χ0v) is 21.3. The highest BCUT2D eigenvalue weighted by Gasteiger charge is 2.65. The summed E-state index contributed by atoms with van der Waals surface area (Å²) in [6.45, 7) is 8.27. The van der Waals surface area contributed by atoms with E-state index in [0.717, 1.165) is 38.5 Å². The SMILES string of the molecule is C[C@H](CC[C@@]1(O)CCOC1)[C@H]1CC[C@H]2[C@@H]3CC[C@H]4C[C@](O)(C(F)(F)F)CC[C@]4(C)[C@H]3CC[C@]12C. The van der Waals surface area contributed by atoms with Gasteiger partial charge in [-0.25, -0.2) is 0 Å². The normalized spacial score (nSPS) is 52.1. The first-order valence-corrected chi connectivity index (χ1v) is 13.9. The highest BCUT2D eigenvalue weighted by molar-refractivity contribution is 5.11. The van der Waals surface area contributed by atoms with Gasteiger partial charge in [-0.3, -0.25) is 0 Å². The molecule has 5 aliphatic rings. The predicted octanol–water partition coefficient (Wildman–Crippen LogP) is 6.51. The van der Waals surface area contributed by atoms with Gasteiger partial charge < -0.3 is 14.9 Å². The first-order valence-electron chi connectivity index (χ1n) is 13.9. The summed E-state index contributed by atoms with van der Waals surface area (Å²) < 4.78 is 46.2. The maximum Gasteiger partial charge on any atom is 0.417 e. The van der Waals surface area contributed by atoms with Crippen LogP contribution in [0.4, 0.5) is 13.2 Å². The minimum absolute atomic E-state index is 0.0241. The predicted molar refractivity (Wildman–Crippen MR) is 125 cm³/mol. The molecule has 3 nitrogen and oxygen atoms in total. The van der Waals surface area contributed by atoms with Crippen molar-refractivity contribution in [3.05, 3.63) is 0 Å². The molecular weight excluding hydrogens is 441 g/mol. The van der Waals surface area contributed by atoms with Crippen molar-refractivity contribution < 1.29 is 28.1 Å². The van der Waals surface area contributed by atoms with Gasteiger partial charge in [0.15, 0.2) is 5.60 Å². The van der Waals surface area contributed by atoms with Gasteiger partial charge in [-0.05, 0) is 117 Å². The van der Waals surface area contributed by atoms with Crippen molar-refractivity contribution in [3.63, 3.8) is 0 Å². The molecule has 0 aromatic heterocycles. The first kappa shape index (κ1) is 25.3. The van der Waals surface area contributed by atoms with Crippen LogP contribution in [0.3, 0.4) is 0 Å². The number of fused-ring (bicyclic) bond motifs is 5. The Labute approximate surface area is 203 Å². The van der Waals surface area contributed by atoms with Crippen LogP contribution < -0.4 is 0 Å². The van der Waals surface area contributed by atoms with E-state index in [1.807, 2.05) is 0 Å². The summed E-state index contributed by atoms with van der Waals surface area (Å²) in [5, 5.41) is 21.2. The number of alkyl halides is 3. The molecule has 5 rings (SSSR count). The van der Waals surface area contributed by atoms with Gasteiger partial charge in [-0.2, -0.15) is 13.2 Å². The average Bonchev–Trinajstić information content (AvgIpc) is 3.35. The Morgan fingerprint density at radius 2 is 1.65 bits per heavy atom. The highest BCUT2D eigenvalue weighted by Crippen LogP contribution is 2.69. The second-order valence-electron chi connectivity index (χ2n) is 13.7. The molecule has 1 heterocycles. The number of hydrogen-bond acceptors (Lipinski definition) is 3. The zero-order valence-electron chi connectivity index (χ0n) is 21.3. The van der Waals surface area contributed by atoms with E-state index in [4.69, 9.17) is 4.74 Å². The fourth-order valence-corrected chi connectivity index (χ4v) is 9.97. The van der Waals surface area contributed by atoms with Gasteiger partial charge >= 0.3 is 6.18 Å². The average molecular weight is 487 g/mol. The lowest BCUT2D eigenvalue weighted by molar-refractivity contribution is -0.290. The van der Waals surface area contributed by atoms with Crippen molar-refractivity contribution in [2.45, 2.75) is 115 Å². The molecule has 5 fully saturated rings. The Bertz CT molecular complexity index is 764. The summed E-state index contributed by atoms with van der Waals surface area (Å²) in [6, 6.07) is 0. The number of halogens is 3. The molecule has 0 amide bonds. The minimum Gasteiger partial charge on any atom is -0.387 e. The van der Waals surface area contributed by atoms with Gasteiger partial charge in [0.2, 0.25) is 0 Å². The molecule has 0 unspecified atom stereocenters. The third kappa shape index (κ3) is 3.88. The van der Waals surface area contributed by atoms with Gasteiger partial charge in [-0.15, -0.1) is 0 Å². The lowest BCUT2D eigenvalue weighted by Gasteiger charge is -2.62. The summed E-state index contributed by atoms with van der Waals surface area (Å²) in [5.74, 6) is 2.98. The van der Waals surface area contributed by atoms with E-state index in [1.54, 1.807) is 0 Å². The van der Waals surface area contributed by atoms with E-state index in [9.17, 15) is 23.4 Å². The second-order valence-corrected chi connectivity index (χ2v) is 13.7. The van der Waals surface area contributed by atoms with E-state index >= 15 is 0 Å². The smallest absolute Gasteiger partial charge is 0.387 e. The van der Waals surface area contributed by atoms with Crippen molar-refractivity contribution in [3.8, 4) is 0 Å². The van der Waals surface area contributed by atoms with E-state index < -0.39 is 17.4 Å². The largest absolute Gasteiger partial charge is 0.417 e. The molecule has 196 valence electrons. The van der Waals surface area contributed by atoms with Gasteiger partial charge in [-0.1, -0.05) is 20.8 Å². The molecule has 6 heteroatoms. The molecule has 34 heavy (non-hydrogen) atoms. The van der Waals surface area contributed by atoms with E-state index in [1.165, 1.54) is 19.3 Å². The zero-order chi connectivity index (χ0) is 24.6. The Morgan fingerprint density at radius 1 is 0.912 bits per heavy atom. The molecule has 2 N–H and O–H groups in total. The lowest BCUT2D eigenvalue weighted by Crippen LogP contribution is -2.59. The quantitative estimate of drug-likeness (QED) is 0.476. The van der Waals surface area contributed by atoms with Gasteiger partial charge in [0.25, 0.3) is 0 Å². The van der Waals surface area contributed by atoms with Crippen molar-refractivity contribution in [2.75, 3.05) is 13.2 Å². The summed E-state index contributed by atoms with van der Waals surface area (Å²) in [5.41, 5.74) is -2.90.